The molecule has 0 amide bonds. The summed E-state index contributed by atoms with van der Waals surface area (Å²) < 4.78 is 0. The maximum atomic E-state index is 5.00. The summed E-state index contributed by atoms with van der Waals surface area (Å²) in [6.07, 6.45) is 10.9. The van der Waals surface area contributed by atoms with Crippen LogP contribution < -0.4 is 0 Å². The van der Waals surface area contributed by atoms with E-state index in [1.807, 2.05) is 6.92 Å². The number of hydrogen-bond donors (Lipinski definition) is 0. The van der Waals surface area contributed by atoms with Crippen LogP contribution in [0.4, 0.5) is 0 Å². The van der Waals surface area contributed by atoms with E-state index in [1.165, 1.54) is 51.4 Å². The van der Waals surface area contributed by atoms with Gasteiger partial charge in [0.2, 0.25) is 0 Å². The van der Waals surface area contributed by atoms with Gasteiger partial charge in [-0.15, -0.1) is 0 Å². The van der Waals surface area contributed by atoms with Crippen molar-refractivity contribution in [3.63, 3.8) is 0 Å². The molecule has 0 N–H and O–H groups in total. The van der Waals surface area contributed by atoms with Crippen LogP contribution in [0.2, 0.25) is 0 Å². The highest BCUT2D eigenvalue weighted by Crippen LogP contribution is 2.32. The van der Waals surface area contributed by atoms with E-state index in [0.29, 0.717) is 0 Å². The van der Waals surface area contributed by atoms with Gasteiger partial charge in [-0.2, -0.15) is 9.78 Å². The molecule has 0 aromatic carbocycles. The van der Waals surface area contributed by atoms with Crippen LogP contribution in [0, 0.1) is 0 Å². The average molecular weight is 243 g/mol. The van der Waals surface area contributed by atoms with E-state index in [0.717, 1.165) is 13.1 Å². The summed E-state index contributed by atoms with van der Waals surface area (Å²) in [4.78, 5) is 12.2. The summed E-state index contributed by atoms with van der Waals surface area (Å²) in [5.74, 6) is -0.407. The fourth-order valence-electron chi connectivity index (χ4n) is 2.25. The van der Waals surface area contributed by atoms with Crippen molar-refractivity contribution in [3.05, 3.63) is 0 Å². The molecule has 0 aromatic heterocycles. The topological polar surface area (TPSA) is 28.3 Å². The first-order valence-corrected chi connectivity index (χ1v) is 7.35. The van der Waals surface area contributed by atoms with Crippen LogP contribution >= 0.6 is 0 Å². The van der Waals surface area contributed by atoms with Gasteiger partial charge in [0.1, 0.15) is 0 Å². The lowest BCUT2D eigenvalue weighted by Gasteiger charge is -2.20. The molecule has 1 fully saturated rings. The summed E-state index contributed by atoms with van der Waals surface area (Å²) >= 11 is 0. The predicted octanol–water partition coefficient (Wildman–Crippen LogP) is 4.08. The standard InChI is InChI=1S/C14H29NO2/c1-4-6-7-8-9-10-11-12-13-15(5-2)14(3)16-17-14/h4-13H2,1-3H3. The van der Waals surface area contributed by atoms with Gasteiger partial charge in [0, 0.05) is 20.0 Å². The Morgan fingerprint density at radius 3 is 1.82 bits per heavy atom. The third kappa shape index (κ3) is 5.84. The van der Waals surface area contributed by atoms with Crippen molar-refractivity contribution in [3.8, 4) is 0 Å². The largest absolute Gasteiger partial charge is 0.287 e. The lowest BCUT2D eigenvalue weighted by atomic mass is 10.1. The molecule has 1 aliphatic rings. The minimum Gasteiger partial charge on any atom is -0.249 e. The van der Waals surface area contributed by atoms with Gasteiger partial charge < -0.3 is 0 Å². The highest BCUT2D eigenvalue weighted by molar-refractivity contribution is 4.69. The van der Waals surface area contributed by atoms with Crippen LogP contribution in [0.1, 0.15) is 72.1 Å². The Balaban J connectivity index is 1.89. The van der Waals surface area contributed by atoms with Crippen LogP contribution in [-0.2, 0) is 9.78 Å². The van der Waals surface area contributed by atoms with E-state index in [-0.39, 0.29) is 0 Å². The first kappa shape index (κ1) is 14.9. The number of hydrogen-bond acceptors (Lipinski definition) is 3. The maximum Gasteiger partial charge on any atom is 0.287 e. The predicted molar refractivity (Wildman–Crippen MR) is 70.4 cm³/mol. The molecule has 0 atom stereocenters. The molecule has 1 heterocycles. The Morgan fingerprint density at radius 2 is 1.35 bits per heavy atom. The van der Waals surface area contributed by atoms with Gasteiger partial charge in [0.05, 0.1) is 0 Å². The van der Waals surface area contributed by atoms with Crippen molar-refractivity contribution in [2.45, 2.75) is 78.0 Å². The van der Waals surface area contributed by atoms with E-state index in [1.54, 1.807) is 0 Å². The first-order valence-electron chi connectivity index (χ1n) is 7.35. The zero-order valence-corrected chi connectivity index (χ0v) is 11.8. The van der Waals surface area contributed by atoms with Gasteiger partial charge in [-0.1, -0.05) is 58.8 Å². The summed E-state index contributed by atoms with van der Waals surface area (Å²) in [6.45, 7) is 8.49. The Bertz CT molecular complexity index is 193. The summed E-state index contributed by atoms with van der Waals surface area (Å²) in [5.41, 5.74) is 0. The summed E-state index contributed by atoms with van der Waals surface area (Å²) in [7, 11) is 0. The molecule has 1 rings (SSSR count). The molecule has 1 aliphatic heterocycles. The molecule has 3 nitrogen and oxygen atoms in total. The van der Waals surface area contributed by atoms with Crippen LogP contribution in [0.3, 0.4) is 0 Å². The number of rotatable bonds is 11. The zero-order chi connectivity index (χ0) is 12.6. The molecular weight excluding hydrogens is 214 g/mol. The van der Waals surface area contributed by atoms with Gasteiger partial charge in [-0.05, 0) is 6.42 Å². The zero-order valence-electron chi connectivity index (χ0n) is 11.8. The smallest absolute Gasteiger partial charge is 0.249 e. The Labute approximate surface area is 106 Å². The van der Waals surface area contributed by atoms with Gasteiger partial charge in [0.15, 0.2) is 0 Å². The molecule has 0 radical (unpaired) electrons. The van der Waals surface area contributed by atoms with Gasteiger partial charge in [-0.25, -0.2) is 4.90 Å². The van der Waals surface area contributed by atoms with Crippen molar-refractivity contribution in [2.75, 3.05) is 13.1 Å². The average Bonchev–Trinajstić information content (AvgIpc) is 3.06. The summed E-state index contributed by atoms with van der Waals surface area (Å²) in [5, 5.41) is 0. The monoisotopic (exact) mass is 243 g/mol. The lowest BCUT2D eigenvalue weighted by Crippen LogP contribution is -2.36. The number of nitrogens with zero attached hydrogens (tertiary/aromatic N) is 1. The highest BCUT2D eigenvalue weighted by Gasteiger charge is 2.48. The second kappa shape index (κ2) is 8.06. The molecule has 0 aliphatic carbocycles. The highest BCUT2D eigenvalue weighted by atomic mass is 17.4. The second-order valence-electron chi connectivity index (χ2n) is 5.12. The molecule has 0 saturated carbocycles. The third-order valence-electron chi connectivity index (χ3n) is 3.56. The van der Waals surface area contributed by atoms with Crippen molar-refractivity contribution in [2.24, 2.45) is 0 Å². The summed E-state index contributed by atoms with van der Waals surface area (Å²) in [6, 6.07) is 0. The minimum atomic E-state index is -0.407. The van der Waals surface area contributed by atoms with E-state index < -0.39 is 5.91 Å². The van der Waals surface area contributed by atoms with Crippen LogP contribution in [0.15, 0.2) is 0 Å². The molecule has 102 valence electrons. The van der Waals surface area contributed by atoms with Gasteiger partial charge in [0.25, 0.3) is 5.91 Å². The van der Waals surface area contributed by atoms with Crippen molar-refractivity contribution in [1.82, 2.24) is 4.90 Å². The van der Waals surface area contributed by atoms with E-state index in [2.05, 4.69) is 18.7 Å². The van der Waals surface area contributed by atoms with Crippen LogP contribution in [-0.4, -0.2) is 23.9 Å². The molecule has 0 unspecified atom stereocenters. The molecule has 0 aromatic rings. The minimum absolute atomic E-state index is 0.407. The SMILES string of the molecule is CCCCCCCCCCN(CC)C1(C)OO1. The maximum absolute atomic E-state index is 5.00. The fraction of sp³-hybridized carbons (Fsp3) is 1.00. The van der Waals surface area contributed by atoms with Gasteiger partial charge >= 0.3 is 0 Å². The fourth-order valence-corrected chi connectivity index (χ4v) is 2.25. The van der Waals surface area contributed by atoms with Crippen molar-refractivity contribution >= 4 is 0 Å². The molecule has 0 spiro atoms. The third-order valence-corrected chi connectivity index (χ3v) is 3.56. The quantitative estimate of drug-likeness (QED) is 0.311. The Morgan fingerprint density at radius 1 is 0.824 bits per heavy atom. The molecular formula is C14H29NO2. The molecule has 0 bridgehead atoms. The number of unbranched alkanes of at least 4 members (excludes halogenated alkanes) is 7. The van der Waals surface area contributed by atoms with E-state index in [4.69, 9.17) is 9.78 Å². The van der Waals surface area contributed by atoms with E-state index in [9.17, 15) is 0 Å². The molecule has 1 saturated heterocycles. The van der Waals surface area contributed by atoms with Crippen molar-refractivity contribution in [1.29, 1.82) is 0 Å². The second-order valence-corrected chi connectivity index (χ2v) is 5.12. The molecule has 17 heavy (non-hydrogen) atoms. The van der Waals surface area contributed by atoms with Crippen molar-refractivity contribution < 1.29 is 9.78 Å². The van der Waals surface area contributed by atoms with Crippen LogP contribution in [0.25, 0.3) is 0 Å². The Kier molecular flexibility index (Phi) is 7.09. The lowest BCUT2D eigenvalue weighted by molar-refractivity contribution is 0.0850. The van der Waals surface area contributed by atoms with E-state index >= 15 is 0 Å². The van der Waals surface area contributed by atoms with Crippen LogP contribution in [0.5, 0.6) is 0 Å². The first-order chi connectivity index (χ1) is 8.23. The van der Waals surface area contributed by atoms with Gasteiger partial charge in [-0.3, -0.25) is 0 Å². The molecule has 3 heteroatoms. The Hall–Kier alpha value is -0.120. The normalized spacial score (nSPS) is 17.6.